The fourth-order valence-corrected chi connectivity index (χ4v) is 2.05. The van der Waals surface area contributed by atoms with E-state index >= 15 is 0 Å². The summed E-state index contributed by atoms with van der Waals surface area (Å²) in [7, 11) is 0. The van der Waals surface area contributed by atoms with Crippen LogP contribution >= 0.6 is 11.6 Å². The Labute approximate surface area is 129 Å². The molecule has 0 heterocycles. The molecule has 0 spiro atoms. The Kier molecular flexibility index (Phi) is 4.62. The predicted octanol–water partition coefficient (Wildman–Crippen LogP) is 5.07. The predicted molar refractivity (Wildman–Crippen MR) is 76.3 cm³/mol. The minimum atomic E-state index is -4.46. The Bertz CT molecular complexity index is 732. The lowest BCUT2D eigenvalue weighted by Gasteiger charge is -2.12. The van der Waals surface area contributed by atoms with Gasteiger partial charge in [0.25, 0.3) is 0 Å². The van der Waals surface area contributed by atoms with E-state index in [-0.39, 0.29) is 16.3 Å². The zero-order valence-electron chi connectivity index (χ0n) is 11.0. The van der Waals surface area contributed by atoms with Gasteiger partial charge in [-0.1, -0.05) is 17.5 Å². The van der Waals surface area contributed by atoms with E-state index in [0.717, 1.165) is 6.07 Å². The van der Waals surface area contributed by atoms with Gasteiger partial charge < -0.3 is 4.74 Å². The molecule has 0 aromatic heterocycles. The molecule has 2 aromatic rings. The van der Waals surface area contributed by atoms with Gasteiger partial charge in [-0.25, -0.2) is 4.39 Å². The molecule has 0 unspecified atom stereocenters. The number of ether oxygens (including phenoxy) is 1. The number of rotatable bonds is 3. The Morgan fingerprint density at radius 1 is 1.09 bits per heavy atom. The zero-order valence-corrected chi connectivity index (χ0v) is 11.8. The Balaban J connectivity index is 2.45. The first-order chi connectivity index (χ1) is 10.3. The minimum absolute atomic E-state index is 0.0355. The lowest BCUT2D eigenvalue weighted by molar-refractivity contribution is -0.153. The quantitative estimate of drug-likeness (QED) is 0.564. The average Bonchev–Trinajstić information content (AvgIpc) is 2.46. The minimum Gasteiger partial charge on any atom is -0.484 e. The highest BCUT2D eigenvalue weighted by Gasteiger charge is 2.28. The van der Waals surface area contributed by atoms with Crippen LogP contribution in [-0.4, -0.2) is 12.8 Å². The van der Waals surface area contributed by atoms with Gasteiger partial charge in [0.15, 0.2) is 6.61 Å². The van der Waals surface area contributed by atoms with Crippen LogP contribution in [-0.2, 0) is 0 Å². The van der Waals surface area contributed by atoms with E-state index in [4.69, 9.17) is 18.0 Å². The lowest BCUT2D eigenvalue weighted by atomic mass is 9.99. The molecule has 2 rings (SSSR count). The Morgan fingerprint density at radius 2 is 1.82 bits per heavy atom. The molecule has 0 aliphatic heterocycles. The summed E-state index contributed by atoms with van der Waals surface area (Å²) in [6.45, 7) is -1.43. The first kappa shape index (κ1) is 16.2. The molecule has 0 aliphatic carbocycles. The third-order valence-corrected chi connectivity index (χ3v) is 3.10. The topological polar surface area (TPSA) is 9.23 Å². The molecule has 0 saturated heterocycles. The van der Waals surface area contributed by atoms with E-state index in [2.05, 4.69) is 10.7 Å². The number of terminal acetylenes is 1. The normalized spacial score (nSPS) is 11.1. The molecular formula is C16H9ClF4O. The molecule has 22 heavy (non-hydrogen) atoms. The first-order valence-corrected chi connectivity index (χ1v) is 6.43. The van der Waals surface area contributed by atoms with Crippen LogP contribution in [0, 0.1) is 18.2 Å². The molecular weight excluding hydrogens is 320 g/mol. The van der Waals surface area contributed by atoms with Gasteiger partial charge in [-0.15, -0.1) is 6.42 Å². The Morgan fingerprint density at radius 3 is 2.45 bits per heavy atom. The van der Waals surface area contributed by atoms with Crippen LogP contribution in [0.3, 0.4) is 0 Å². The van der Waals surface area contributed by atoms with Gasteiger partial charge >= 0.3 is 6.18 Å². The van der Waals surface area contributed by atoms with Gasteiger partial charge in [-0.2, -0.15) is 13.2 Å². The molecule has 6 heteroatoms. The third-order valence-electron chi connectivity index (χ3n) is 2.77. The van der Waals surface area contributed by atoms with Crippen molar-refractivity contribution in [2.75, 3.05) is 6.61 Å². The van der Waals surface area contributed by atoms with Crippen molar-refractivity contribution in [3.63, 3.8) is 0 Å². The molecule has 0 amide bonds. The first-order valence-electron chi connectivity index (χ1n) is 6.06. The van der Waals surface area contributed by atoms with Crippen molar-refractivity contribution in [3.8, 4) is 29.2 Å². The standard InChI is InChI=1S/C16H9ClF4O/c1-2-10-3-5-12(22-9-16(19,20)21)8-13(10)14-7-11(18)4-6-15(14)17/h1,3-8H,9H2. The number of benzene rings is 2. The van der Waals surface area contributed by atoms with E-state index in [1.165, 1.54) is 30.3 Å². The van der Waals surface area contributed by atoms with Crippen LogP contribution in [0.2, 0.25) is 5.02 Å². The van der Waals surface area contributed by atoms with Gasteiger partial charge in [0.1, 0.15) is 11.6 Å². The van der Waals surface area contributed by atoms with Crippen molar-refractivity contribution in [2.24, 2.45) is 0 Å². The van der Waals surface area contributed by atoms with E-state index in [1.807, 2.05) is 0 Å². The summed E-state index contributed by atoms with van der Waals surface area (Å²) in [6, 6.07) is 7.72. The zero-order chi connectivity index (χ0) is 16.3. The molecule has 1 nitrogen and oxygen atoms in total. The number of halogens is 5. The van der Waals surface area contributed by atoms with Crippen molar-refractivity contribution in [1.29, 1.82) is 0 Å². The van der Waals surface area contributed by atoms with E-state index in [1.54, 1.807) is 0 Å². The number of hydrogen-bond acceptors (Lipinski definition) is 1. The van der Waals surface area contributed by atoms with Gasteiger partial charge in [0.05, 0.1) is 0 Å². The van der Waals surface area contributed by atoms with Crippen molar-refractivity contribution in [1.82, 2.24) is 0 Å². The highest BCUT2D eigenvalue weighted by Crippen LogP contribution is 2.34. The van der Waals surface area contributed by atoms with Crippen molar-refractivity contribution >= 4 is 11.6 Å². The smallest absolute Gasteiger partial charge is 0.422 e. The molecule has 2 aromatic carbocycles. The maximum absolute atomic E-state index is 13.4. The molecule has 0 N–H and O–H groups in total. The monoisotopic (exact) mass is 328 g/mol. The second-order valence-corrected chi connectivity index (χ2v) is 4.79. The Hall–Kier alpha value is -2.19. The maximum Gasteiger partial charge on any atom is 0.422 e. The second-order valence-electron chi connectivity index (χ2n) is 4.38. The lowest BCUT2D eigenvalue weighted by Crippen LogP contribution is -2.19. The molecule has 0 saturated carbocycles. The summed E-state index contributed by atoms with van der Waals surface area (Å²) < 4.78 is 54.7. The average molecular weight is 329 g/mol. The molecule has 0 atom stereocenters. The highest BCUT2D eigenvalue weighted by atomic mass is 35.5. The summed E-state index contributed by atoms with van der Waals surface area (Å²) in [4.78, 5) is 0. The summed E-state index contributed by atoms with van der Waals surface area (Å²) >= 11 is 6.01. The van der Waals surface area contributed by atoms with Crippen LogP contribution in [0.4, 0.5) is 17.6 Å². The molecule has 0 fully saturated rings. The van der Waals surface area contributed by atoms with Crippen LogP contribution in [0.5, 0.6) is 5.75 Å². The van der Waals surface area contributed by atoms with Crippen LogP contribution < -0.4 is 4.74 Å². The van der Waals surface area contributed by atoms with Crippen LogP contribution in [0.15, 0.2) is 36.4 Å². The fraction of sp³-hybridized carbons (Fsp3) is 0.125. The van der Waals surface area contributed by atoms with Gasteiger partial charge in [-0.05, 0) is 36.4 Å². The van der Waals surface area contributed by atoms with E-state index in [0.29, 0.717) is 11.1 Å². The van der Waals surface area contributed by atoms with E-state index in [9.17, 15) is 17.6 Å². The van der Waals surface area contributed by atoms with Crippen LogP contribution in [0.1, 0.15) is 5.56 Å². The van der Waals surface area contributed by atoms with Crippen LogP contribution in [0.25, 0.3) is 11.1 Å². The third kappa shape index (κ3) is 3.92. The van der Waals surface area contributed by atoms with Crippen molar-refractivity contribution in [2.45, 2.75) is 6.18 Å². The highest BCUT2D eigenvalue weighted by molar-refractivity contribution is 6.33. The summed E-state index contributed by atoms with van der Waals surface area (Å²) in [6.07, 6.45) is 0.905. The number of alkyl halides is 3. The van der Waals surface area contributed by atoms with Gasteiger partial charge in [0.2, 0.25) is 0 Å². The molecule has 0 bridgehead atoms. The van der Waals surface area contributed by atoms with Crippen molar-refractivity contribution in [3.05, 3.63) is 52.8 Å². The number of hydrogen-bond donors (Lipinski definition) is 0. The molecule has 114 valence electrons. The SMILES string of the molecule is C#Cc1ccc(OCC(F)(F)F)cc1-c1cc(F)ccc1Cl. The maximum atomic E-state index is 13.4. The van der Waals surface area contributed by atoms with E-state index < -0.39 is 18.6 Å². The molecule has 0 radical (unpaired) electrons. The summed E-state index contributed by atoms with van der Waals surface area (Å²) in [5, 5.41) is 0.228. The van der Waals surface area contributed by atoms with Gasteiger partial charge in [-0.3, -0.25) is 0 Å². The molecule has 0 aliphatic rings. The second kappa shape index (κ2) is 6.29. The largest absolute Gasteiger partial charge is 0.484 e. The van der Waals surface area contributed by atoms with Crippen molar-refractivity contribution < 1.29 is 22.3 Å². The van der Waals surface area contributed by atoms with Gasteiger partial charge in [0, 0.05) is 21.7 Å². The fourth-order valence-electron chi connectivity index (χ4n) is 1.83. The summed E-state index contributed by atoms with van der Waals surface area (Å²) in [5.74, 6) is 1.81. The summed E-state index contributed by atoms with van der Waals surface area (Å²) in [5.41, 5.74) is 0.977.